The maximum Gasteiger partial charge on any atom is 0.193 e. The van der Waals surface area contributed by atoms with Crippen molar-refractivity contribution >= 4 is 26.4 Å². The average molecular weight is 554 g/mol. The minimum Gasteiger partial charge on any atom is -0.470 e. The minimum absolute atomic E-state index is 0.00456. The molecule has 0 spiro atoms. The molecule has 206 valence electrons. The van der Waals surface area contributed by atoms with Crippen molar-refractivity contribution in [3.05, 3.63) is 66.5 Å². The van der Waals surface area contributed by atoms with Crippen LogP contribution in [0.2, 0.25) is 0 Å². The topological polar surface area (TPSA) is 106 Å². The van der Waals surface area contributed by atoms with Crippen LogP contribution in [0.1, 0.15) is 13.3 Å². The molecule has 0 aliphatic carbocycles. The first kappa shape index (κ1) is 27.3. The Morgan fingerprint density at radius 3 is 2.41 bits per heavy atom. The van der Waals surface area contributed by atoms with Gasteiger partial charge in [-0.25, -0.2) is 13.6 Å². The molecule has 2 N–H and O–H groups in total. The molecule has 8 nitrogen and oxygen atoms in total. The second-order valence-electron chi connectivity index (χ2n) is 9.74. The molecule has 1 fully saturated rings. The Morgan fingerprint density at radius 2 is 1.77 bits per heavy atom. The third kappa shape index (κ3) is 6.30. The molecule has 0 saturated carbocycles. The highest BCUT2D eigenvalue weighted by atomic mass is 32.2. The first-order chi connectivity index (χ1) is 18.7. The van der Waals surface area contributed by atoms with Crippen molar-refractivity contribution in [2.75, 3.05) is 32.3 Å². The van der Waals surface area contributed by atoms with Crippen LogP contribution in [0.4, 0.5) is 10.1 Å². The predicted octanol–water partition coefficient (Wildman–Crippen LogP) is 5.33. The molecule has 10 heteroatoms. The Balaban J connectivity index is 1.35. The average Bonchev–Trinajstić information content (AvgIpc) is 3.46. The van der Waals surface area contributed by atoms with Crippen LogP contribution in [0.5, 0.6) is 5.88 Å². The highest BCUT2D eigenvalue weighted by Gasteiger charge is 2.39. The molecule has 2 aromatic heterocycles. The smallest absolute Gasteiger partial charge is 0.193 e. The normalized spacial score (nSPS) is 19.5. The van der Waals surface area contributed by atoms with Gasteiger partial charge in [0.15, 0.2) is 17.8 Å². The summed E-state index contributed by atoms with van der Waals surface area (Å²) in [6.45, 7) is 2.74. The van der Waals surface area contributed by atoms with Gasteiger partial charge in [0, 0.05) is 53.2 Å². The van der Waals surface area contributed by atoms with E-state index in [9.17, 15) is 9.32 Å². The largest absolute Gasteiger partial charge is 0.470 e. The molecule has 5 rings (SSSR count). The number of pyridine rings is 1. The van der Waals surface area contributed by atoms with Crippen LogP contribution in [-0.4, -0.2) is 69.9 Å². The number of hydrogen-bond donors (Lipinski definition) is 2. The Hall–Kier alpha value is -3.31. The van der Waals surface area contributed by atoms with Gasteiger partial charge in [0.2, 0.25) is 0 Å². The van der Waals surface area contributed by atoms with Gasteiger partial charge in [-0.15, -0.1) is 0 Å². The Bertz CT molecular complexity index is 1550. The number of rotatable bonds is 9. The third-order valence-corrected chi connectivity index (χ3v) is 7.12. The van der Waals surface area contributed by atoms with Gasteiger partial charge in [-0.05, 0) is 36.6 Å². The summed E-state index contributed by atoms with van der Waals surface area (Å²) in [5, 5.41) is 9.31. The van der Waals surface area contributed by atoms with Gasteiger partial charge in [0.05, 0.1) is 29.4 Å². The molecule has 3 atom stereocenters. The highest BCUT2D eigenvalue weighted by Crippen LogP contribution is 2.31. The Morgan fingerprint density at radius 1 is 1.10 bits per heavy atom. The summed E-state index contributed by atoms with van der Waals surface area (Å²) in [6, 6.07) is 18.2. The van der Waals surface area contributed by atoms with Gasteiger partial charge in [-0.3, -0.25) is 0 Å². The zero-order chi connectivity index (χ0) is 27.6. The maximum atomic E-state index is 15.1. The summed E-state index contributed by atoms with van der Waals surface area (Å²) in [5.41, 5.74) is 4.59. The van der Waals surface area contributed by atoms with E-state index in [2.05, 4.69) is 14.3 Å². The second-order valence-corrected chi connectivity index (χ2v) is 12.3. The van der Waals surface area contributed by atoms with Gasteiger partial charge in [-0.1, -0.05) is 36.4 Å². The van der Waals surface area contributed by atoms with Crippen molar-refractivity contribution < 1.29 is 27.9 Å². The van der Waals surface area contributed by atoms with Gasteiger partial charge >= 0.3 is 0 Å². The summed E-state index contributed by atoms with van der Waals surface area (Å²) in [4.78, 5) is 7.66. The fourth-order valence-corrected chi connectivity index (χ4v) is 5.38. The molecule has 39 heavy (non-hydrogen) atoms. The van der Waals surface area contributed by atoms with E-state index in [1.807, 2.05) is 55.5 Å². The van der Waals surface area contributed by atoms with Gasteiger partial charge < -0.3 is 24.3 Å². The van der Waals surface area contributed by atoms with Crippen LogP contribution >= 0.6 is 0 Å². The zero-order valence-electron chi connectivity index (χ0n) is 22.1. The van der Waals surface area contributed by atoms with Crippen LogP contribution in [0.15, 0.2) is 65.0 Å². The summed E-state index contributed by atoms with van der Waals surface area (Å²) >= 11 is 0. The van der Waals surface area contributed by atoms with Crippen molar-refractivity contribution in [3.63, 3.8) is 0 Å². The van der Waals surface area contributed by atoms with E-state index in [4.69, 9.17) is 14.2 Å². The number of aromatic amines is 1. The number of fused-ring (bicyclic) bond motifs is 1. The maximum absolute atomic E-state index is 15.1. The van der Waals surface area contributed by atoms with Crippen molar-refractivity contribution in [1.82, 2.24) is 9.97 Å². The first-order valence-electron chi connectivity index (χ1n) is 12.8. The molecule has 0 amide bonds. The molecular formula is C29H32FN3O5S. The van der Waals surface area contributed by atoms with E-state index in [1.165, 1.54) is 6.07 Å². The van der Waals surface area contributed by atoms with Gasteiger partial charge in [-0.2, -0.15) is 4.36 Å². The number of aromatic nitrogens is 2. The molecule has 1 saturated heterocycles. The molecule has 4 aromatic rings. The molecule has 0 bridgehead atoms. The molecule has 0 unspecified atom stereocenters. The lowest BCUT2D eigenvalue weighted by Crippen LogP contribution is -2.37. The summed E-state index contributed by atoms with van der Waals surface area (Å²) < 4.78 is 48.9. The molecule has 0 radical (unpaired) electrons. The van der Waals surface area contributed by atoms with Crippen LogP contribution in [-0.2, 0) is 19.2 Å². The monoisotopic (exact) mass is 553 g/mol. The van der Waals surface area contributed by atoms with E-state index in [-0.39, 0.29) is 30.6 Å². The van der Waals surface area contributed by atoms with E-state index in [0.29, 0.717) is 47.8 Å². The summed E-state index contributed by atoms with van der Waals surface area (Å²) in [7, 11) is -2.22. The van der Waals surface area contributed by atoms with Crippen molar-refractivity contribution in [1.29, 1.82) is 0 Å². The van der Waals surface area contributed by atoms with E-state index < -0.39 is 15.5 Å². The quantitative estimate of drug-likeness (QED) is 0.290. The number of aliphatic hydroxyl groups is 1. The van der Waals surface area contributed by atoms with Crippen LogP contribution in [0, 0.1) is 5.82 Å². The van der Waals surface area contributed by atoms with Crippen molar-refractivity contribution in [3.8, 4) is 28.3 Å². The number of ether oxygens (including phenoxy) is 3. The lowest BCUT2D eigenvalue weighted by atomic mass is 10.0. The SMILES string of the molecule is CCO[C@H]1[C@@H](CCO)OC[C@H]1Oc1cc2nc(-c3ccc(-c4ccc(N=S(C)(C)=O)cc4)cc3)c(F)cc2[nH]1. The third-order valence-electron chi connectivity index (χ3n) is 6.47. The summed E-state index contributed by atoms with van der Waals surface area (Å²) in [6.07, 6.45) is 2.76. The standard InChI is InChI=1S/C29H32FN3O5S/c1-4-36-29-25(13-14-34)37-17-26(29)38-27-16-24-23(31-27)15-22(30)28(32-24)20-7-5-18(6-8-20)19-9-11-21(12-10-19)33-39(2,3)35/h5-12,15-16,25-26,29,31,34H,4,13-14,17H2,1-3H3/t25-,26-,29+/m1/s1. The number of nitrogens with zero attached hydrogens (tertiary/aromatic N) is 2. The number of benzene rings is 2. The number of nitrogens with one attached hydrogen (secondary N) is 1. The molecule has 2 aromatic carbocycles. The predicted molar refractivity (Wildman–Crippen MR) is 150 cm³/mol. The number of halogens is 1. The van der Waals surface area contributed by atoms with Gasteiger partial charge in [0.1, 0.15) is 11.8 Å². The Labute approximate surface area is 227 Å². The molecule has 3 heterocycles. The lowest BCUT2D eigenvalue weighted by Gasteiger charge is -2.22. The zero-order valence-corrected chi connectivity index (χ0v) is 22.9. The summed E-state index contributed by atoms with van der Waals surface area (Å²) in [5.74, 6) is 0.00115. The lowest BCUT2D eigenvalue weighted by molar-refractivity contribution is -0.0339. The van der Waals surface area contributed by atoms with Crippen molar-refractivity contribution in [2.45, 2.75) is 31.7 Å². The molecular weight excluding hydrogens is 521 g/mol. The van der Waals surface area contributed by atoms with E-state index >= 15 is 4.39 Å². The van der Waals surface area contributed by atoms with Crippen molar-refractivity contribution in [2.24, 2.45) is 4.36 Å². The highest BCUT2D eigenvalue weighted by molar-refractivity contribution is 7.92. The van der Waals surface area contributed by atoms with Crippen LogP contribution in [0.25, 0.3) is 33.4 Å². The number of aliphatic hydroxyl groups excluding tert-OH is 1. The molecule has 1 aliphatic heterocycles. The number of H-pyrrole nitrogens is 1. The minimum atomic E-state index is -2.22. The number of hydrogen-bond acceptors (Lipinski definition) is 7. The fourth-order valence-electron chi connectivity index (χ4n) is 4.75. The first-order valence-corrected chi connectivity index (χ1v) is 15.1. The molecule has 1 aliphatic rings. The van der Waals surface area contributed by atoms with Crippen LogP contribution in [0.3, 0.4) is 0 Å². The fraction of sp³-hybridized carbons (Fsp3) is 0.345. The van der Waals surface area contributed by atoms with E-state index in [0.717, 1.165) is 11.1 Å². The van der Waals surface area contributed by atoms with Gasteiger partial charge in [0.25, 0.3) is 0 Å². The van der Waals surface area contributed by atoms with Crippen LogP contribution < -0.4 is 4.74 Å². The Kier molecular flexibility index (Phi) is 7.99. The second kappa shape index (κ2) is 11.4. The van der Waals surface area contributed by atoms with E-state index in [1.54, 1.807) is 18.6 Å².